The van der Waals surface area contributed by atoms with Crippen LogP contribution in [0.1, 0.15) is 25.7 Å². The highest BCUT2D eigenvalue weighted by Crippen LogP contribution is 2.24. The molecule has 0 bridgehead atoms. The second-order valence-electron chi connectivity index (χ2n) is 5.09. The standard InChI is InChI=1S/C15H22FN3O/c1-19(13-6-7-13)15(17)18-10-2-3-11-20-14-8-4-12(16)5-9-14/h4-5,8-9,13H,2-3,6-7,10-11H2,1H3,(H2,17,18). The first-order valence-electron chi connectivity index (χ1n) is 7.08. The van der Waals surface area contributed by atoms with Crippen LogP contribution in [0.4, 0.5) is 4.39 Å². The van der Waals surface area contributed by atoms with Crippen LogP contribution in [0.5, 0.6) is 5.75 Å². The van der Waals surface area contributed by atoms with Gasteiger partial charge in [-0.25, -0.2) is 4.39 Å². The van der Waals surface area contributed by atoms with Crippen molar-refractivity contribution in [3.63, 3.8) is 0 Å². The van der Waals surface area contributed by atoms with Gasteiger partial charge in [-0.3, -0.25) is 4.99 Å². The second kappa shape index (κ2) is 7.12. The minimum absolute atomic E-state index is 0.248. The molecule has 4 nitrogen and oxygen atoms in total. The minimum atomic E-state index is -0.248. The van der Waals surface area contributed by atoms with Crippen molar-refractivity contribution in [2.45, 2.75) is 31.7 Å². The first kappa shape index (κ1) is 14.6. The molecule has 0 heterocycles. The summed E-state index contributed by atoms with van der Waals surface area (Å²) in [4.78, 5) is 6.41. The van der Waals surface area contributed by atoms with E-state index in [0.717, 1.165) is 19.4 Å². The molecule has 0 amide bonds. The fourth-order valence-electron chi connectivity index (χ4n) is 1.89. The number of ether oxygens (including phenoxy) is 1. The SMILES string of the molecule is CN(C(N)=NCCCCOc1ccc(F)cc1)C1CC1. The van der Waals surface area contributed by atoms with Crippen molar-refractivity contribution in [3.05, 3.63) is 30.1 Å². The van der Waals surface area contributed by atoms with Gasteiger partial charge < -0.3 is 15.4 Å². The zero-order valence-electron chi connectivity index (χ0n) is 11.9. The highest BCUT2D eigenvalue weighted by Gasteiger charge is 2.27. The number of nitrogens with zero attached hydrogens (tertiary/aromatic N) is 2. The van der Waals surface area contributed by atoms with Crippen LogP contribution in [0.15, 0.2) is 29.3 Å². The largest absolute Gasteiger partial charge is 0.494 e. The summed E-state index contributed by atoms with van der Waals surface area (Å²) < 4.78 is 18.2. The maximum Gasteiger partial charge on any atom is 0.191 e. The van der Waals surface area contributed by atoms with Gasteiger partial charge in [-0.1, -0.05) is 0 Å². The molecule has 1 aliphatic rings. The van der Waals surface area contributed by atoms with Crippen LogP contribution >= 0.6 is 0 Å². The summed E-state index contributed by atoms with van der Waals surface area (Å²) in [7, 11) is 1.99. The van der Waals surface area contributed by atoms with Crippen molar-refractivity contribution in [2.75, 3.05) is 20.2 Å². The van der Waals surface area contributed by atoms with E-state index in [0.29, 0.717) is 24.4 Å². The normalized spacial score (nSPS) is 15.2. The lowest BCUT2D eigenvalue weighted by Crippen LogP contribution is -2.35. The Morgan fingerprint density at radius 3 is 2.70 bits per heavy atom. The number of nitrogens with two attached hydrogens (primary N) is 1. The maximum atomic E-state index is 12.7. The number of benzene rings is 1. The average molecular weight is 279 g/mol. The molecule has 110 valence electrons. The highest BCUT2D eigenvalue weighted by atomic mass is 19.1. The molecular weight excluding hydrogens is 257 g/mol. The van der Waals surface area contributed by atoms with Gasteiger partial charge in [-0.2, -0.15) is 0 Å². The number of hydrogen-bond acceptors (Lipinski definition) is 2. The summed E-state index contributed by atoms with van der Waals surface area (Å²) in [6.07, 6.45) is 4.28. The predicted octanol–water partition coefficient (Wildman–Crippen LogP) is 2.39. The Labute approximate surface area is 119 Å². The highest BCUT2D eigenvalue weighted by molar-refractivity contribution is 5.78. The van der Waals surface area contributed by atoms with Gasteiger partial charge in [0.2, 0.25) is 0 Å². The smallest absolute Gasteiger partial charge is 0.191 e. The molecule has 0 unspecified atom stereocenters. The minimum Gasteiger partial charge on any atom is -0.494 e. The summed E-state index contributed by atoms with van der Waals surface area (Å²) in [6, 6.07) is 6.66. The number of rotatable bonds is 7. The Bertz CT molecular complexity index is 443. The molecule has 0 spiro atoms. The molecule has 5 heteroatoms. The zero-order valence-corrected chi connectivity index (χ0v) is 11.9. The molecule has 20 heavy (non-hydrogen) atoms. The Morgan fingerprint density at radius 2 is 2.05 bits per heavy atom. The molecule has 0 aromatic heterocycles. The van der Waals surface area contributed by atoms with Crippen LogP contribution in [0, 0.1) is 5.82 Å². The van der Waals surface area contributed by atoms with Crippen molar-refractivity contribution >= 4 is 5.96 Å². The van der Waals surface area contributed by atoms with Crippen LogP contribution in [0.2, 0.25) is 0 Å². The summed E-state index contributed by atoms with van der Waals surface area (Å²) in [5.74, 6) is 1.08. The van der Waals surface area contributed by atoms with Crippen LogP contribution in [-0.2, 0) is 0 Å². The quantitative estimate of drug-likeness (QED) is 0.474. The number of unbranched alkanes of at least 4 members (excludes halogenated alkanes) is 1. The van der Waals surface area contributed by atoms with E-state index in [1.165, 1.54) is 25.0 Å². The van der Waals surface area contributed by atoms with Crippen molar-refractivity contribution < 1.29 is 9.13 Å². The first-order chi connectivity index (χ1) is 9.66. The van der Waals surface area contributed by atoms with Gasteiger partial charge in [0.15, 0.2) is 5.96 Å². The molecule has 1 saturated carbocycles. The molecule has 0 radical (unpaired) electrons. The molecule has 1 aromatic carbocycles. The molecule has 1 aliphatic carbocycles. The maximum absolute atomic E-state index is 12.7. The van der Waals surface area contributed by atoms with Crippen molar-refractivity contribution in [1.82, 2.24) is 4.90 Å². The third-order valence-corrected chi connectivity index (χ3v) is 3.36. The number of guanidine groups is 1. The van der Waals surface area contributed by atoms with E-state index in [4.69, 9.17) is 10.5 Å². The lowest BCUT2D eigenvalue weighted by molar-refractivity contribution is 0.307. The fraction of sp³-hybridized carbons (Fsp3) is 0.533. The van der Waals surface area contributed by atoms with Crippen LogP contribution in [0.25, 0.3) is 0 Å². The van der Waals surface area contributed by atoms with Crippen molar-refractivity contribution in [3.8, 4) is 5.75 Å². The van der Waals surface area contributed by atoms with Crippen LogP contribution < -0.4 is 10.5 Å². The fourth-order valence-corrected chi connectivity index (χ4v) is 1.89. The average Bonchev–Trinajstić information content (AvgIpc) is 3.28. The van der Waals surface area contributed by atoms with Gasteiger partial charge in [-0.05, 0) is 49.9 Å². The van der Waals surface area contributed by atoms with E-state index in [1.54, 1.807) is 12.1 Å². The third-order valence-electron chi connectivity index (χ3n) is 3.36. The molecule has 1 aromatic rings. The summed E-state index contributed by atoms with van der Waals surface area (Å²) in [5, 5.41) is 0. The topological polar surface area (TPSA) is 50.8 Å². The molecule has 0 atom stereocenters. The number of hydrogen-bond donors (Lipinski definition) is 1. The monoisotopic (exact) mass is 279 g/mol. The molecular formula is C15H22FN3O. The Morgan fingerprint density at radius 1 is 1.35 bits per heavy atom. The number of aliphatic imine (C=N–C) groups is 1. The molecule has 0 saturated heterocycles. The van der Waals surface area contributed by atoms with E-state index >= 15 is 0 Å². The van der Waals surface area contributed by atoms with E-state index in [2.05, 4.69) is 9.89 Å². The predicted molar refractivity (Wildman–Crippen MR) is 78.4 cm³/mol. The lowest BCUT2D eigenvalue weighted by Gasteiger charge is -2.16. The summed E-state index contributed by atoms with van der Waals surface area (Å²) >= 11 is 0. The Hall–Kier alpha value is -1.78. The van der Waals surface area contributed by atoms with E-state index in [-0.39, 0.29) is 5.82 Å². The number of halogens is 1. The summed E-state index contributed by atoms with van der Waals surface area (Å²) in [6.45, 7) is 1.33. The summed E-state index contributed by atoms with van der Waals surface area (Å²) in [5.41, 5.74) is 5.89. The molecule has 0 aliphatic heterocycles. The van der Waals surface area contributed by atoms with Crippen molar-refractivity contribution in [1.29, 1.82) is 0 Å². The first-order valence-corrected chi connectivity index (χ1v) is 7.08. The van der Waals surface area contributed by atoms with Crippen LogP contribution in [0.3, 0.4) is 0 Å². The molecule has 1 fully saturated rings. The van der Waals surface area contributed by atoms with Gasteiger partial charge in [0.1, 0.15) is 11.6 Å². The Balaban J connectivity index is 1.57. The van der Waals surface area contributed by atoms with Gasteiger partial charge in [0, 0.05) is 19.6 Å². The van der Waals surface area contributed by atoms with Gasteiger partial charge in [0.25, 0.3) is 0 Å². The second-order valence-corrected chi connectivity index (χ2v) is 5.09. The van der Waals surface area contributed by atoms with Crippen LogP contribution in [-0.4, -0.2) is 37.1 Å². The Kier molecular flexibility index (Phi) is 5.21. The van der Waals surface area contributed by atoms with E-state index < -0.39 is 0 Å². The van der Waals surface area contributed by atoms with Gasteiger partial charge in [0.05, 0.1) is 6.61 Å². The van der Waals surface area contributed by atoms with Gasteiger partial charge >= 0.3 is 0 Å². The van der Waals surface area contributed by atoms with Gasteiger partial charge in [-0.15, -0.1) is 0 Å². The lowest BCUT2D eigenvalue weighted by atomic mass is 10.3. The van der Waals surface area contributed by atoms with Crippen molar-refractivity contribution in [2.24, 2.45) is 10.7 Å². The molecule has 2 N–H and O–H groups in total. The zero-order chi connectivity index (χ0) is 14.4. The van der Waals surface area contributed by atoms with E-state index in [9.17, 15) is 4.39 Å². The third kappa shape index (κ3) is 4.72. The molecule has 2 rings (SSSR count). The van der Waals surface area contributed by atoms with E-state index in [1.807, 2.05) is 7.05 Å².